The molecule has 1 rings (SSSR count). The van der Waals surface area contributed by atoms with Crippen LogP contribution in [0.5, 0.6) is 5.75 Å². The minimum Gasteiger partial charge on any atom is -0.496 e. The molecule has 0 aromatic heterocycles. The van der Waals surface area contributed by atoms with E-state index in [4.69, 9.17) is 10.5 Å². The second kappa shape index (κ2) is 6.76. The molecule has 0 radical (unpaired) electrons. The van der Waals surface area contributed by atoms with Crippen molar-refractivity contribution in [3.8, 4) is 5.75 Å². The summed E-state index contributed by atoms with van der Waals surface area (Å²) in [5, 5.41) is 3.40. The second-order valence-electron chi connectivity index (χ2n) is 5.01. The average molecular weight is 250 g/mol. The summed E-state index contributed by atoms with van der Waals surface area (Å²) in [6.45, 7) is 7.15. The van der Waals surface area contributed by atoms with Crippen LogP contribution in [0.25, 0.3) is 0 Å². The summed E-state index contributed by atoms with van der Waals surface area (Å²) in [5.41, 5.74) is 9.35. The minimum atomic E-state index is 0.344. The first kappa shape index (κ1) is 15.0. The van der Waals surface area contributed by atoms with Crippen LogP contribution >= 0.6 is 0 Å². The number of nitrogens with one attached hydrogen (secondary N) is 1. The summed E-state index contributed by atoms with van der Waals surface area (Å²) in [4.78, 5) is 0. The van der Waals surface area contributed by atoms with Gasteiger partial charge in [-0.25, -0.2) is 0 Å². The van der Waals surface area contributed by atoms with Crippen molar-refractivity contribution in [3.05, 3.63) is 28.8 Å². The molecule has 0 saturated heterocycles. The van der Waals surface area contributed by atoms with E-state index in [9.17, 15) is 0 Å². The van der Waals surface area contributed by atoms with Gasteiger partial charge in [-0.15, -0.1) is 0 Å². The first-order valence-electron chi connectivity index (χ1n) is 6.57. The van der Waals surface area contributed by atoms with Crippen molar-refractivity contribution >= 4 is 0 Å². The largest absolute Gasteiger partial charge is 0.496 e. The fourth-order valence-corrected chi connectivity index (χ4v) is 2.69. The molecule has 0 spiro atoms. The van der Waals surface area contributed by atoms with Crippen LogP contribution in [-0.4, -0.2) is 20.7 Å². The molecule has 0 saturated carbocycles. The number of methoxy groups -OCH3 is 1. The first-order valence-corrected chi connectivity index (χ1v) is 6.57. The van der Waals surface area contributed by atoms with Crippen LogP contribution in [-0.2, 0) is 0 Å². The molecule has 0 aliphatic carbocycles. The topological polar surface area (TPSA) is 47.3 Å². The SMILES string of the molecule is CNC(c1cc(C)c(OC)c(C)c1)C(C)CCN. The van der Waals surface area contributed by atoms with Gasteiger partial charge in [-0.05, 0) is 56.5 Å². The van der Waals surface area contributed by atoms with Gasteiger partial charge in [0.1, 0.15) is 5.75 Å². The molecule has 18 heavy (non-hydrogen) atoms. The summed E-state index contributed by atoms with van der Waals surface area (Å²) in [5.74, 6) is 1.51. The Kier molecular flexibility index (Phi) is 5.63. The van der Waals surface area contributed by atoms with E-state index in [1.54, 1.807) is 7.11 Å². The van der Waals surface area contributed by atoms with Crippen molar-refractivity contribution in [2.45, 2.75) is 33.2 Å². The second-order valence-corrected chi connectivity index (χ2v) is 5.01. The number of nitrogens with two attached hydrogens (primary N) is 1. The number of ether oxygens (including phenoxy) is 1. The third-order valence-electron chi connectivity index (χ3n) is 3.55. The van der Waals surface area contributed by atoms with Crippen LogP contribution in [0, 0.1) is 19.8 Å². The molecule has 1 aromatic rings. The Balaban J connectivity index is 3.07. The minimum absolute atomic E-state index is 0.344. The van der Waals surface area contributed by atoms with E-state index in [-0.39, 0.29) is 0 Å². The number of rotatable bonds is 6. The van der Waals surface area contributed by atoms with Gasteiger partial charge in [0.2, 0.25) is 0 Å². The van der Waals surface area contributed by atoms with E-state index in [2.05, 4.69) is 38.2 Å². The quantitative estimate of drug-likeness (QED) is 0.815. The summed E-state index contributed by atoms with van der Waals surface area (Å²) in [6, 6.07) is 4.76. The van der Waals surface area contributed by atoms with Crippen LogP contribution in [0.3, 0.4) is 0 Å². The molecule has 0 heterocycles. The van der Waals surface area contributed by atoms with E-state index >= 15 is 0 Å². The molecule has 3 heteroatoms. The maximum Gasteiger partial charge on any atom is 0.124 e. The maximum absolute atomic E-state index is 5.66. The van der Waals surface area contributed by atoms with Gasteiger partial charge >= 0.3 is 0 Å². The van der Waals surface area contributed by atoms with Crippen LogP contribution in [0.2, 0.25) is 0 Å². The maximum atomic E-state index is 5.66. The van der Waals surface area contributed by atoms with E-state index in [1.165, 1.54) is 16.7 Å². The fourth-order valence-electron chi connectivity index (χ4n) is 2.69. The Labute approximate surface area is 111 Å². The number of aryl methyl sites for hydroxylation is 2. The van der Waals surface area contributed by atoms with E-state index in [1.807, 2.05) is 7.05 Å². The zero-order chi connectivity index (χ0) is 13.7. The van der Waals surface area contributed by atoms with Crippen molar-refractivity contribution in [1.29, 1.82) is 0 Å². The molecule has 102 valence electrons. The van der Waals surface area contributed by atoms with Gasteiger partial charge in [0.25, 0.3) is 0 Å². The van der Waals surface area contributed by atoms with E-state index < -0.39 is 0 Å². The van der Waals surface area contributed by atoms with Crippen molar-refractivity contribution in [1.82, 2.24) is 5.32 Å². The molecule has 2 unspecified atom stereocenters. The normalized spacial score (nSPS) is 14.3. The highest BCUT2D eigenvalue weighted by atomic mass is 16.5. The molecule has 0 aliphatic rings. The molecule has 3 nitrogen and oxygen atoms in total. The molecule has 0 bridgehead atoms. The van der Waals surface area contributed by atoms with Gasteiger partial charge in [-0.2, -0.15) is 0 Å². The van der Waals surface area contributed by atoms with Crippen molar-refractivity contribution in [3.63, 3.8) is 0 Å². The molecule has 3 N–H and O–H groups in total. The fraction of sp³-hybridized carbons (Fsp3) is 0.600. The molecule has 0 aliphatic heterocycles. The summed E-state index contributed by atoms with van der Waals surface area (Å²) >= 11 is 0. The van der Waals surface area contributed by atoms with Gasteiger partial charge in [0.15, 0.2) is 0 Å². The lowest BCUT2D eigenvalue weighted by Crippen LogP contribution is -2.25. The van der Waals surface area contributed by atoms with Crippen LogP contribution in [0.15, 0.2) is 12.1 Å². The highest BCUT2D eigenvalue weighted by Gasteiger charge is 2.18. The third-order valence-corrected chi connectivity index (χ3v) is 3.55. The molecular weight excluding hydrogens is 224 g/mol. The molecule has 2 atom stereocenters. The predicted octanol–water partition coefficient (Wildman–Crippen LogP) is 2.56. The lowest BCUT2D eigenvalue weighted by Gasteiger charge is -2.25. The Hall–Kier alpha value is -1.06. The Bertz CT molecular complexity index is 367. The van der Waals surface area contributed by atoms with Crippen LogP contribution < -0.4 is 15.8 Å². The third kappa shape index (κ3) is 3.24. The van der Waals surface area contributed by atoms with Crippen molar-refractivity contribution < 1.29 is 4.74 Å². The number of hydrogen-bond acceptors (Lipinski definition) is 3. The molecule has 0 fully saturated rings. The Morgan fingerprint density at radius 1 is 1.28 bits per heavy atom. The monoisotopic (exact) mass is 250 g/mol. The smallest absolute Gasteiger partial charge is 0.124 e. The zero-order valence-corrected chi connectivity index (χ0v) is 12.2. The summed E-state index contributed by atoms with van der Waals surface area (Å²) < 4.78 is 5.41. The summed E-state index contributed by atoms with van der Waals surface area (Å²) in [7, 11) is 3.73. The van der Waals surface area contributed by atoms with Gasteiger partial charge < -0.3 is 15.8 Å². The van der Waals surface area contributed by atoms with Crippen LogP contribution in [0.4, 0.5) is 0 Å². The van der Waals surface area contributed by atoms with Crippen LogP contribution in [0.1, 0.15) is 36.1 Å². The van der Waals surface area contributed by atoms with Gasteiger partial charge in [0, 0.05) is 6.04 Å². The Morgan fingerprint density at radius 2 is 1.83 bits per heavy atom. The van der Waals surface area contributed by atoms with E-state index in [0.29, 0.717) is 12.0 Å². The zero-order valence-electron chi connectivity index (χ0n) is 12.2. The Morgan fingerprint density at radius 3 is 2.22 bits per heavy atom. The van der Waals surface area contributed by atoms with E-state index in [0.717, 1.165) is 18.7 Å². The lowest BCUT2D eigenvalue weighted by molar-refractivity contribution is 0.388. The van der Waals surface area contributed by atoms with Gasteiger partial charge in [-0.1, -0.05) is 19.1 Å². The highest BCUT2D eigenvalue weighted by Crippen LogP contribution is 2.30. The average Bonchev–Trinajstić information content (AvgIpc) is 2.30. The molecule has 1 aromatic carbocycles. The first-order chi connectivity index (χ1) is 8.54. The molecular formula is C15H26N2O. The van der Waals surface area contributed by atoms with Crippen molar-refractivity contribution in [2.24, 2.45) is 11.7 Å². The van der Waals surface area contributed by atoms with Gasteiger partial charge in [0.05, 0.1) is 7.11 Å². The lowest BCUT2D eigenvalue weighted by atomic mass is 9.90. The predicted molar refractivity (Wildman–Crippen MR) is 77.1 cm³/mol. The summed E-state index contributed by atoms with van der Waals surface area (Å²) in [6.07, 6.45) is 1.02. The highest BCUT2D eigenvalue weighted by molar-refractivity contribution is 5.44. The number of benzene rings is 1. The standard InChI is InChI=1S/C15H26N2O/c1-10(6-7-16)14(17-4)13-8-11(2)15(18-5)12(3)9-13/h8-10,14,17H,6-7,16H2,1-5H3. The molecule has 0 amide bonds. The van der Waals surface area contributed by atoms with Crippen molar-refractivity contribution in [2.75, 3.05) is 20.7 Å². The van der Waals surface area contributed by atoms with Gasteiger partial charge in [-0.3, -0.25) is 0 Å². The number of hydrogen-bond donors (Lipinski definition) is 2.